The molecule has 1 amide bonds. The highest BCUT2D eigenvalue weighted by molar-refractivity contribution is 6.05. The third-order valence-electron chi connectivity index (χ3n) is 3.71. The van der Waals surface area contributed by atoms with Gasteiger partial charge in [-0.3, -0.25) is 4.79 Å². The van der Waals surface area contributed by atoms with Crippen LogP contribution < -0.4 is 4.90 Å². The van der Waals surface area contributed by atoms with E-state index in [0.717, 1.165) is 16.5 Å². The van der Waals surface area contributed by atoms with Gasteiger partial charge in [-0.15, -0.1) is 0 Å². The van der Waals surface area contributed by atoms with Crippen LogP contribution in [0.1, 0.15) is 20.8 Å². The Hall–Kier alpha value is -2.34. The molecule has 108 valence electrons. The molecule has 2 rings (SSSR count). The van der Waals surface area contributed by atoms with E-state index in [1.165, 1.54) is 0 Å². The average molecular weight is 280 g/mol. The minimum Gasteiger partial charge on any atom is -0.311 e. The number of anilines is 1. The number of fused-ring (bicyclic) bond motifs is 1. The van der Waals surface area contributed by atoms with Crippen LogP contribution in [0.3, 0.4) is 0 Å². The lowest BCUT2D eigenvalue weighted by atomic mass is 9.95. The number of benzene rings is 2. The maximum Gasteiger partial charge on any atom is 0.244 e. The Morgan fingerprint density at radius 1 is 1.19 bits per heavy atom. The Labute approximate surface area is 125 Å². The molecular weight excluding hydrogens is 260 g/mol. The number of carbonyl (C=O) groups excluding carboxylic acids is 1. The largest absolute Gasteiger partial charge is 0.311 e. The fraction of sp³-hybridized carbons (Fsp3) is 0.333. The first-order chi connectivity index (χ1) is 10.1. The maximum absolute atomic E-state index is 12.7. The molecule has 0 aliphatic rings. The summed E-state index contributed by atoms with van der Waals surface area (Å²) in [5, 5.41) is 11.4. The Balaban J connectivity index is 2.50. The summed E-state index contributed by atoms with van der Waals surface area (Å²) in [6.45, 7) is 6.30. The first kappa shape index (κ1) is 15.1. The van der Waals surface area contributed by atoms with Crippen LogP contribution in [-0.4, -0.2) is 12.5 Å². The topological polar surface area (TPSA) is 44.1 Å². The molecule has 0 aromatic heterocycles. The van der Waals surface area contributed by atoms with Crippen molar-refractivity contribution < 1.29 is 4.79 Å². The lowest BCUT2D eigenvalue weighted by Crippen LogP contribution is -2.37. The van der Waals surface area contributed by atoms with Gasteiger partial charge in [-0.25, -0.2) is 0 Å². The van der Waals surface area contributed by atoms with Gasteiger partial charge in [0.2, 0.25) is 5.91 Å². The number of hydrogen-bond donors (Lipinski definition) is 0. The number of nitriles is 1. The van der Waals surface area contributed by atoms with Crippen molar-refractivity contribution in [3.63, 3.8) is 0 Å². The summed E-state index contributed by atoms with van der Waals surface area (Å²) in [6.07, 6.45) is 0. The molecule has 3 nitrogen and oxygen atoms in total. The SMILES string of the molecule is CCN(C(=O)C(C#N)C(C)C)c1cccc2ccccc12. The van der Waals surface area contributed by atoms with Crippen molar-refractivity contribution >= 4 is 22.4 Å². The van der Waals surface area contributed by atoms with E-state index in [2.05, 4.69) is 6.07 Å². The standard InChI is InChI=1S/C18H20N2O/c1-4-20(18(21)16(12-19)13(2)3)17-11-7-9-14-8-5-6-10-15(14)17/h5-11,13,16H,4H2,1-3H3. The fourth-order valence-electron chi connectivity index (χ4n) is 2.55. The molecule has 2 aromatic carbocycles. The molecule has 1 atom stereocenters. The second kappa shape index (κ2) is 6.41. The molecule has 0 saturated heterocycles. The highest BCUT2D eigenvalue weighted by Crippen LogP contribution is 2.28. The van der Waals surface area contributed by atoms with Crippen molar-refractivity contribution in [1.29, 1.82) is 5.26 Å². The monoisotopic (exact) mass is 280 g/mol. The summed E-state index contributed by atoms with van der Waals surface area (Å²) in [7, 11) is 0. The predicted molar refractivity (Wildman–Crippen MR) is 85.9 cm³/mol. The summed E-state index contributed by atoms with van der Waals surface area (Å²) in [4.78, 5) is 14.4. The zero-order valence-corrected chi connectivity index (χ0v) is 12.7. The van der Waals surface area contributed by atoms with Crippen molar-refractivity contribution in [2.75, 3.05) is 11.4 Å². The first-order valence-electron chi connectivity index (χ1n) is 7.29. The molecule has 0 spiro atoms. The molecule has 0 heterocycles. The summed E-state index contributed by atoms with van der Waals surface area (Å²) in [6, 6.07) is 16.1. The zero-order chi connectivity index (χ0) is 15.4. The van der Waals surface area contributed by atoms with Crippen molar-refractivity contribution in [1.82, 2.24) is 0 Å². The second-order valence-electron chi connectivity index (χ2n) is 5.43. The van der Waals surface area contributed by atoms with Gasteiger partial charge in [-0.05, 0) is 24.3 Å². The summed E-state index contributed by atoms with van der Waals surface area (Å²) in [5.41, 5.74) is 0.876. The molecule has 0 N–H and O–H groups in total. The molecule has 21 heavy (non-hydrogen) atoms. The molecule has 3 heteroatoms. The van der Waals surface area contributed by atoms with Crippen LogP contribution >= 0.6 is 0 Å². The maximum atomic E-state index is 12.7. The Morgan fingerprint density at radius 3 is 2.48 bits per heavy atom. The minimum absolute atomic E-state index is 0.00604. The van der Waals surface area contributed by atoms with E-state index in [4.69, 9.17) is 0 Å². The van der Waals surface area contributed by atoms with Gasteiger partial charge in [0.05, 0.1) is 11.8 Å². The molecule has 0 radical (unpaired) electrons. The second-order valence-corrected chi connectivity index (χ2v) is 5.43. The van der Waals surface area contributed by atoms with Crippen LogP contribution in [0.25, 0.3) is 10.8 Å². The third kappa shape index (κ3) is 2.90. The molecule has 0 aliphatic carbocycles. The Morgan fingerprint density at radius 2 is 1.86 bits per heavy atom. The highest BCUT2D eigenvalue weighted by Gasteiger charge is 2.27. The van der Waals surface area contributed by atoms with E-state index in [0.29, 0.717) is 6.54 Å². The van der Waals surface area contributed by atoms with Gasteiger partial charge in [0, 0.05) is 11.9 Å². The zero-order valence-electron chi connectivity index (χ0n) is 12.7. The minimum atomic E-state index is -0.607. The summed E-state index contributed by atoms with van der Waals surface area (Å²) in [5.74, 6) is -0.721. The first-order valence-corrected chi connectivity index (χ1v) is 7.29. The van der Waals surface area contributed by atoms with E-state index in [1.54, 1.807) is 4.90 Å². The average Bonchev–Trinajstić information content (AvgIpc) is 2.48. The summed E-state index contributed by atoms with van der Waals surface area (Å²) < 4.78 is 0. The van der Waals surface area contributed by atoms with Gasteiger partial charge in [-0.1, -0.05) is 50.2 Å². The van der Waals surface area contributed by atoms with Crippen molar-refractivity contribution in [3.8, 4) is 6.07 Å². The number of hydrogen-bond acceptors (Lipinski definition) is 2. The molecule has 2 aromatic rings. The molecule has 0 aliphatic heterocycles. The fourth-order valence-corrected chi connectivity index (χ4v) is 2.55. The highest BCUT2D eigenvalue weighted by atomic mass is 16.2. The number of amides is 1. The lowest BCUT2D eigenvalue weighted by Gasteiger charge is -2.26. The van der Waals surface area contributed by atoms with E-state index >= 15 is 0 Å². The van der Waals surface area contributed by atoms with E-state index < -0.39 is 5.92 Å². The van der Waals surface area contributed by atoms with Crippen LogP contribution in [0.4, 0.5) is 5.69 Å². The smallest absolute Gasteiger partial charge is 0.244 e. The molecule has 1 unspecified atom stereocenters. The van der Waals surface area contributed by atoms with Crippen molar-refractivity contribution in [2.24, 2.45) is 11.8 Å². The number of carbonyl (C=O) groups is 1. The van der Waals surface area contributed by atoms with Crippen molar-refractivity contribution in [2.45, 2.75) is 20.8 Å². The number of nitrogens with zero attached hydrogens (tertiary/aromatic N) is 2. The van der Waals surface area contributed by atoms with Crippen LogP contribution in [0, 0.1) is 23.2 Å². The van der Waals surface area contributed by atoms with Gasteiger partial charge in [0.25, 0.3) is 0 Å². The molecular formula is C18H20N2O. The van der Waals surface area contributed by atoms with E-state index in [-0.39, 0.29) is 11.8 Å². The Bertz CT molecular complexity index is 680. The molecule has 0 saturated carbocycles. The summed E-state index contributed by atoms with van der Waals surface area (Å²) >= 11 is 0. The predicted octanol–water partition coefficient (Wildman–Crippen LogP) is 3.99. The van der Waals surface area contributed by atoms with Crippen molar-refractivity contribution in [3.05, 3.63) is 42.5 Å². The van der Waals surface area contributed by atoms with Crippen LogP contribution in [-0.2, 0) is 4.79 Å². The van der Waals surface area contributed by atoms with Gasteiger partial charge < -0.3 is 4.90 Å². The van der Waals surface area contributed by atoms with Crippen LogP contribution in [0.5, 0.6) is 0 Å². The lowest BCUT2D eigenvalue weighted by molar-refractivity contribution is -0.121. The van der Waals surface area contributed by atoms with E-state index in [9.17, 15) is 10.1 Å². The van der Waals surface area contributed by atoms with Crippen LogP contribution in [0.15, 0.2) is 42.5 Å². The van der Waals surface area contributed by atoms with Crippen LogP contribution in [0.2, 0.25) is 0 Å². The Kier molecular flexibility index (Phi) is 4.59. The normalized spacial score (nSPS) is 12.1. The molecule has 0 fully saturated rings. The van der Waals surface area contributed by atoms with Gasteiger partial charge in [0.1, 0.15) is 5.92 Å². The third-order valence-corrected chi connectivity index (χ3v) is 3.71. The van der Waals surface area contributed by atoms with Gasteiger partial charge >= 0.3 is 0 Å². The molecule has 0 bridgehead atoms. The quantitative estimate of drug-likeness (QED) is 0.850. The van der Waals surface area contributed by atoms with Gasteiger partial charge in [-0.2, -0.15) is 5.26 Å². The van der Waals surface area contributed by atoms with Gasteiger partial charge in [0.15, 0.2) is 0 Å². The number of rotatable bonds is 4. The van der Waals surface area contributed by atoms with E-state index in [1.807, 2.05) is 63.2 Å².